The number of nitrogens with zero attached hydrogens (tertiary/aromatic N) is 2. The van der Waals surface area contributed by atoms with Crippen LogP contribution < -0.4 is 0 Å². The van der Waals surface area contributed by atoms with Gasteiger partial charge in [0.15, 0.2) is 5.58 Å². The molecule has 0 aliphatic heterocycles. The lowest BCUT2D eigenvalue weighted by Crippen LogP contribution is -1.76. The molecule has 0 radical (unpaired) electrons. The van der Waals surface area contributed by atoms with Crippen LogP contribution in [0.5, 0.6) is 0 Å². The minimum atomic E-state index is 0.601. The van der Waals surface area contributed by atoms with Crippen molar-refractivity contribution in [1.82, 2.24) is 4.98 Å². The second-order valence-electron chi connectivity index (χ2n) is 5.84. The van der Waals surface area contributed by atoms with Gasteiger partial charge in [-0.3, -0.25) is 4.99 Å². The topological polar surface area (TPSA) is 38.4 Å². The number of rotatable bonds is 4. The smallest absolute Gasteiger partial charge is 0.227 e. The van der Waals surface area contributed by atoms with Crippen molar-refractivity contribution in [3.05, 3.63) is 88.4 Å². The van der Waals surface area contributed by atoms with Crippen molar-refractivity contribution in [2.75, 3.05) is 0 Å². The highest BCUT2D eigenvalue weighted by Crippen LogP contribution is 2.27. The third kappa shape index (κ3) is 4.11. The van der Waals surface area contributed by atoms with E-state index in [0.29, 0.717) is 15.9 Å². The molecule has 3 nitrogen and oxygen atoms in total. The van der Waals surface area contributed by atoms with E-state index in [1.165, 1.54) is 0 Å². The predicted octanol–water partition coefficient (Wildman–Crippen LogP) is 7.22. The summed E-state index contributed by atoms with van der Waals surface area (Å²) in [6.45, 7) is 0. The summed E-state index contributed by atoms with van der Waals surface area (Å²) in [6, 6.07) is 20.8. The largest absolute Gasteiger partial charge is 0.436 e. The summed E-state index contributed by atoms with van der Waals surface area (Å²) in [6.07, 6.45) is 5.42. The second kappa shape index (κ2) is 7.78. The summed E-state index contributed by atoms with van der Waals surface area (Å²) in [7, 11) is 0. The minimum absolute atomic E-state index is 0.601. The Morgan fingerprint density at radius 1 is 0.926 bits per heavy atom. The van der Waals surface area contributed by atoms with Crippen LogP contribution in [0.25, 0.3) is 28.6 Å². The van der Waals surface area contributed by atoms with Crippen molar-refractivity contribution < 1.29 is 4.42 Å². The first-order valence-electron chi connectivity index (χ1n) is 8.31. The Kier molecular flexibility index (Phi) is 5.05. The molecule has 0 saturated carbocycles. The molecule has 1 heterocycles. The first-order chi connectivity index (χ1) is 13.2. The number of hydrogen-bond acceptors (Lipinski definition) is 3. The molecule has 5 heteroatoms. The quantitative estimate of drug-likeness (QED) is 0.343. The van der Waals surface area contributed by atoms with Crippen molar-refractivity contribution in [3.8, 4) is 11.5 Å². The van der Waals surface area contributed by atoms with E-state index in [2.05, 4.69) is 9.98 Å². The van der Waals surface area contributed by atoms with E-state index in [9.17, 15) is 0 Å². The van der Waals surface area contributed by atoms with Gasteiger partial charge in [0, 0.05) is 21.8 Å². The molecule has 132 valence electrons. The van der Waals surface area contributed by atoms with E-state index in [0.717, 1.165) is 27.9 Å². The van der Waals surface area contributed by atoms with Crippen molar-refractivity contribution >= 4 is 52.3 Å². The van der Waals surface area contributed by atoms with E-state index in [1.54, 1.807) is 18.3 Å². The summed E-state index contributed by atoms with van der Waals surface area (Å²) in [5.74, 6) is 0.601. The van der Waals surface area contributed by atoms with Gasteiger partial charge in [0.25, 0.3) is 0 Å². The number of benzene rings is 3. The van der Waals surface area contributed by atoms with Gasteiger partial charge in [-0.15, -0.1) is 0 Å². The van der Waals surface area contributed by atoms with E-state index in [-0.39, 0.29) is 0 Å². The molecule has 0 aliphatic rings. The first-order valence-corrected chi connectivity index (χ1v) is 9.06. The van der Waals surface area contributed by atoms with Gasteiger partial charge in [-0.2, -0.15) is 0 Å². The molecule has 0 fully saturated rings. The van der Waals surface area contributed by atoms with Crippen LogP contribution in [0.1, 0.15) is 5.56 Å². The number of fused-ring (bicyclic) bond motifs is 1. The van der Waals surface area contributed by atoms with Crippen LogP contribution in [0.4, 0.5) is 5.69 Å². The highest BCUT2D eigenvalue weighted by Gasteiger charge is 2.07. The first kappa shape index (κ1) is 17.5. The number of oxazole rings is 1. The monoisotopic (exact) mass is 392 g/mol. The molecule has 1 aromatic heterocycles. The highest BCUT2D eigenvalue weighted by atomic mass is 35.5. The number of aliphatic imine (C=N–C) groups is 1. The van der Waals surface area contributed by atoms with Crippen molar-refractivity contribution in [2.45, 2.75) is 0 Å². The van der Waals surface area contributed by atoms with Crippen molar-refractivity contribution in [1.29, 1.82) is 0 Å². The van der Waals surface area contributed by atoms with Crippen LogP contribution in [0.15, 0.2) is 82.2 Å². The number of aromatic nitrogens is 1. The molecule has 4 aromatic rings. The maximum atomic E-state index is 6.14. The number of halogens is 2. The number of allylic oxidation sites excluding steroid dienone is 1. The molecular weight excluding hydrogens is 379 g/mol. The van der Waals surface area contributed by atoms with E-state index in [1.807, 2.05) is 66.7 Å². The zero-order valence-electron chi connectivity index (χ0n) is 14.1. The maximum absolute atomic E-state index is 6.14. The SMILES string of the molecule is Clc1ccc(/C=C/C=Nc2ccc3oc(-c4ccccc4)nc3c2)c(Cl)c1. The van der Waals surface area contributed by atoms with Gasteiger partial charge < -0.3 is 4.42 Å². The molecular formula is C22H14Cl2N2O. The van der Waals surface area contributed by atoms with Gasteiger partial charge >= 0.3 is 0 Å². The molecule has 0 saturated heterocycles. The lowest BCUT2D eigenvalue weighted by molar-refractivity contribution is 0.620. The average Bonchev–Trinajstić information content (AvgIpc) is 3.11. The molecule has 0 aliphatic carbocycles. The molecule has 0 N–H and O–H groups in total. The van der Waals surface area contributed by atoms with Gasteiger partial charge in [0.1, 0.15) is 5.52 Å². The van der Waals surface area contributed by atoms with Crippen LogP contribution in [0.3, 0.4) is 0 Å². The Morgan fingerprint density at radius 2 is 1.78 bits per heavy atom. The molecule has 0 unspecified atom stereocenters. The standard InChI is InChI=1S/C22H14Cl2N2O/c23-17-9-8-15(19(24)13-17)7-4-12-25-18-10-11-21-20(14-18)26-22(27-21)16-5-2-1-3-6-16/h1-14H/b7-4+,25-12?. The predicted molar refractivity (Wildman–Crippen MR) is 113 cm³/mol. The molecule has 0 amide bonds. The van der Waals surface area contributed by atoms with Crippen LogP contribution in [-0.2, 0) is 0 Å². The fourth-order valence-electron chi connectivity index (χ4n) is 2.61. The fraction of sp³-hybridized carbons (Fsp3) is 0. The van der Waals surface area contributed by atoms with E-state index >= 15 is 0 Å². The average molecular weight is 393 g/mol. The summed E-state index contributed by atoms with van der Waals surface area (Å²) in [4.78, 5) is 8.99. The summed E-state index contributed by atoms with van der Waals surface area (Å²) in [5.41, 5.74) is 4.13. The third-order valence-electron chi connectivity index (χ3n) is 3.94. The zero-order chi connectivity index (χ0) is 18.6. The molecule has 4 rings (SSSR count). The Hall–Kier alpha value is -2.88. The highest BCUT2D eigenvalue weighted by molar-refractivity contribution is 6.35. The van der Waals surface area contributed by atoms with Gasteiger partial charge in [0.2, 0.25) is 5.89 Å². The van der Waals surface area contributed by atoms with Crippen LogP contribution in [0, 0.1) is 0 Å². The summed E-state index contributed by atoms with van der Waals surface area (Å²) in [5, 5.41) is 1.21. The van der Waals surface area contributed by atoms with E-state index < -0.39 is 0 Å². The molecule has 0 bridgehead atoms. The summed E-state index contributed by atoms with van der Waals surface area (Å²) < 4.78 is 5.81. The second-order valence-corrected chi connectivity index (χ2v) is 6.68. The number of hydrogen-bond donors (Lipinski definition) is 0. The fourth-order valence-corrected chi connectivity index (χ4v) is 3.08. The summed E-state index contributed by atoms with van der Waals surface area (Å²) >= 11 is 12.0. The normalized spacial score (nSPS) is 11.8. The van der Waals surface area contributed by atoms with Crippen LogP contribution in [0.2, 0.25) is 10.0 Å². The van der Waals surface area contributed by atoms with Gasteiger partial charge in [-0.05, 0) is 54.1 Å². The van der Waals surface area contributed by atoms with Crippen molar-refractivity contribution in [2.24, 2.45) is 4.99 Å². The Bertz CT molecular complexity index is 1150. The molecule has 0 atom stereocenters. The molecule has 27 heavy (non-hydrogen) atoms. The van der Waals surface area contributed by atoms with Gasteiger partial charge in [0.05, 0.1) is 5.69 Å². The zero-order valence-corrected chi connectivity index (χ0v) is 15.7. The lowest BCUT2D eigenvalue weighted by atomic mass is 10.2. The maximum Gasteiger partial charge on any atom is 0.227 e. The Labute approximate surface area is 166 Å². The Morgan fingerprint density at radius 3 is 2.59 bits per heavy atom. The van der Waals surface area contributed by atoms with Crippen LogP contribution in [-0.4, -0.2) is 11.2 Å². The van der Waals surface area contributed by atoms with Gasteiger partial charge in [-0.25, -0.2) is 4.98 Å². The Balaban J connectivity index is 1.53. The lowest BCUT2D eigenvalue weighted by Gasteiger charge is -1.97. The molecule has 3 aromatic carbocycles. The third-order valence-corrected chi connectivity index (χ3v) is 4.50. The minimum Gasteiger partial charge on any atom is -0.436 e. The van der Waals surface area contributed by atoms with Gasteiger partial charge in [-0.1, -0.05) is 53.5 Å². The van der Waals surface area contributed by atoms with Crippen molar-refractivity contribution in [3.63, 3.8) is 0 Å². The van der Waals surface area contributed by atoms with Crippen LogP contribution >= 0.6 is 23.2 Å². The van der Waals surface area contributed by atoms with E-state index in [4.69, 9.17) is 27.6 Å². The molecule has 0 spiro atoms.